The van der Waals surface area contributed by atoms with Gasteiger partial charge in [-0.3, -0.25) is 4.79 Å². The highest BCUT2D eigenvalue weighted by Crippen LogP contribution is 2.36. The SMILES string of the molecule is Cc1ccc2[nH]c3c(c2c1)CCC[C@H]3C(=O)O. The molecule has 0 radical (unpaired) electrons. The van der Waals surface area contributed by atoms with Crippen LogP contribution in [-0.2, 0) is 11.2 Å². The molecule has 0 fully saturated rings. The van der Waals surface area contributed by atoms with Crippen LogP contribution in [-0.4, -0.2) is 16.1 Å². The number of rotatable bonds is 1. The van der Waals surface area contributed by atoms with Crippen molar-refractivity contribution in [2.75, 3.05) is 0 Å². The molecular formula is C14H15NO2. The lowest BCUT2D eigenvalue weighted by Gasteiger charge is -2.18. The molecule has 3 heteroatoms. The minimum Gasteiger partial charge on any atom is -0.481 e. The van der Waals surface area contributed by atoms with Crippen molar-refractivity contribution in [1.82, 2.24) is 4.98 Å². The molecule has 0 bridgehead atoms. The highest BCUT2D eigenvalue weighted by atomic mass is 16.4. The van der Waals surface area contributed by atoms with E-state index in [1.165, 1.54) is 16.5 Å². The Morgan fingerprint density at radius 2 is 2.29 bits per heavy atom. The molecule has 1 aliphatic rings. The summed E-state index contributed by atoms with van der Waals surface area (Å²) in [4.78, 5) is 14.5. The number of aryl methyl sites for hydroxylation is 2. The Balaban J connectivity index is 2.25. The van der Waals surface area contributed by atoms with Gasteiger partial charge in [-0.15, -0.1) is 0 Å². The molecule has 88 valence electrons. The van der Waals surface area contributed by atoms with Gasteiger partial charge in [0, 0.05) is 16.6 Å². The predicted octanol–water partition coefficient (Wildman–Crippen LogP) is 2.98. The Kier molecular flexibility index (Phi) is 2.21. The normalized spacial score (nSPS) is 19.2. The third kappa shape index (κ3) is 1.54. The van der Waals surface area contributed by atoms with Gasteiger partial charge in [-0.1, -0.05) is 11.6 Å². The molecule has 1 aromatic heterocycles. The highest BCUT2D eigenvalue weighted by Gasteiger charge is 2.29. The van der Waals surface area contributed by atoms with E-state index >= 15 is 0 Å². The first-order chi connectivity index (χ1) is 8.16. The van der Waals surface area contributed by atoms with E-state index in [2.05, 4.69) is 24.0 Å². The fourth-order valence-corrected chi connectivity index (χ4v) is 2.82. The van der Waals surface area contributed by atoms with Gasteiger partial charge in [0.15, 0.2) is 0 Å². The molecule has 0 spiro atoms. The van der Waals surface area contributed by atoms with Crippen LogP contribution in [0.25, 0.3) is 10.9 Å². The van der Waals surface area contributed by atoms with Gasteiger partial charge in [-0.2, -0.15) is 0 Å². The number of carboxylic acids is 1. The Morgan fingerprint density at radius 3 is 3.06 bits per heavy atom. The number of hydrogen-bond acceptors (Lipinski definition) is 1. The van der Waals surface area contributed by atoms with Crippen LogP contribution < -0.4 is 0 Å². The summed E-state index contributed by atoms with van der Waals surface area (Å²) >= 11 is 0. The number of carbonyl (C=O) groups is 1. The van der Waals surface area contributed by atoms with Crippen LogP contribution in [0.3, 0.4) is 0 Å². The maximum atomic E-state index is 11.2. The zero-order valence-electron chi connectivity index (χ0n) is 9.79. The minimum absolute atomic E-state index is 0.355. The van der Waals surface area contributed by atoms with Crippen LogP contribution >= 0.6 is 0 Å². The van der Waals surface area contributed by atoms with Crippen molar-refractivity contribution in [2.45, 2.75) is 32.1 Å². The number of aromatic amines is 1. The summed E-state index contributed by atoms with van der Waals surface area (Å²) < 4.78 is 0. The highest BCUT2D eigenvalue weighted by molar-refractivity contribution is 5.88. The van der Waals surface area contributed by atoms with Crippen molar-refractivity contribution in [2.24, 2.45) is 0 Å². The van der Waals surface area contributed by atoms with E-state index < -0.39 is 5.97 Å². The van der Waals surface area contributed by atoms with Crippen LogP contribution in [0.1, 0.15) is 35.6 Å². The van der Waals surface area contributed by atoms with E-state index in [0.29, 0.717) is 0 Å². The molecule has 1 heterocycles. The van der Waals surface area contributed by atoms with Crippen molar-refractivity contribution < 1.29 is 9.90 Å². The number of H-pyrrole nitrogens is 1. The molecule has 2 aromatic rings. The van der Waals surface area contributed by atoms with Crippen molar-refractivity contribution in [1.29, 1.82) is 0 Å². The molecule has 0 saturated carbocycles. The number of aliphatic carboxylic acids is 1. The molecule has 3 rings (SSSR count). The topological polar surface area (TPSA) is 53.1 Å². The Labute approximate surface area is 99.5 Å². The van der Waals surface area contributed by atoms with E-state index in [-0.39, 0.29) is 5.92 Å². The molecule has 0 saturated heterocycles. The molecule has 2 N–H and O–H groups in total. The summed E-state index contributed by atoms with van der Waals surface area (Å²) in [6.45, 7) is 2.07. The molecular weight excluding hydrogens is 214 g/mol. The van der Waals surface area contributed by atoms with Crippen molar-refractivity contribution in [3.8, 4) is 0 Å². The van der Waals surface area contributed by atoms with Gasteiger partial charge in [0.25, 0.3) is 0 Å². The van der Waals surface area contributed by atoms with E-state index in [9.17, 15) is 9.90 Å². The van der Waals surface area contributed by atoms with Crippen molar-refractivity contribution in [3.05, 3.63) is 35.0 Å². The smallest absolute Gasteiger partial charge is 0.312 e. The van der Waals surface area contributed by atoms with E-state index in [1.807, 2.05) is 6.07 Å². The lowest BCUT2D eigenvalue weighted by molar-refractivity contribution is -0.139. The van der Waals surface area contributed by atoms with Gasteiger partial charge < -0.3 is 10.1 Å². The van der Waals surface area contributed by atoms with Gasteiger partial charge in [-0.05, 0) is 43.9 Å². The summed E-state index contributed by atoms with van der Waals surface area (Å²) in [6.07, 6.45) is 2.70. The summed E-state index contributed by atoms with van der Waals surface area (Å²) in [7, 11) is 0. The monoisotopic (exact) mass is 229 g/mol. The minimum atomic E-state index is -0.714. The first-order valence-electron chi connectivity index (χ1n) is 6.00. The van der Waals surface area contributed by atoms with Gasteiger partial charge in [0.1, 0.15) is 0 Å². The molecule has 0 aliphatic heterocycles. The van der Waals surface area contributed by atoms with Gasteiger partial charge in [-0.25, -0.2) is 0 Å². The number of nitrogens with one attached hydrogen (secondary N) is 1. The van der Waals surface area contributed by atoms with Crippen molar-refractivity contribution in [3.63, 3.8) is 0 Å². The first kappa shape index (κ1) is 10.4. The second kappa shape index (κ2) is 3.62. The molecule has 1 atom stereocenters. The van der Waals surface area contributed by atoms with Crippen molar-refractivity contribution >= 4 is 16.9 Å². The lowest BCUT2D eigenvalue weighted by atomic mass is 9.87. The third-order valence-corrected chi connectivity index (χ3v) is 3.66. The Hall–Kier alpha value is -1.77. The van der Waals surface area contributed by atoms with E-state index in [0.717, 1.165) is 30.5 Å². The van der Waals surface area contributed by atoms with Gasteiger partial charge >= 0.3 is 5.97 Å². The van der Waals surface area contributed by atoms with E-state index in [4.69, 9.17) is 0 Å². The summed E-state index contributed by atoms with van der Waals surface area (Å²) in [5.74, 6) is -1.07. The fourth-order valence-electron chi connectivity index (χ4n) is 2.82. The van der Waals surface area contributed by atoms with Crippen LogP contribution in [0, 0.1) is 6.92 Å². The summed E-state index contributed by atoms with van der Waals surface area (Å²) in [5.41, 5.74) is 4.41. The Morgan fingerprint density at radius 1 is 1.47 bits per heavy atom. The maximum absolute atomic E-state index is 11.2. The number of hydrogen-bond donors (Lipinski definition) is 2. The fraction of sp³-hybridized carbons (Fsp3) is 0.357. The lowest BCUT2D eigenvalue weighted by Crippen LogP contribution is -2.17. The number of aromatic nitrogens is 1. The molecule has 3 nitrogen and oxygen atoms in total. The number of carboxylic acid groups (broad SMARTS) is 1. The molecule has 0 unspecified atom stereocenters. The molecule has 0 amide bonds. The zero-order chi connectivity index (χ0) is 12.0. The van der Waals surface area contributed by atoms with Crippen LogP contribution in [0.4, 0.5) is 0 Å². The van der Waals surface area contributed by atoms with Gasteiger partial charge in [0.05, 0.1) is 5.92 Å². The van der Waals surface area contributed by atoms with Gasteiger partial charge in [0.2, 0.25) is 0 Å². The van der Waals surface area contributed by atoms with Crippen LogP contribution in [0.2, 0.25) is 0 Å². The third-order valence-electron chi connectivity index (χ3n) is 3.66. The zero-order valence-corrected chi connectivity index (χ0v) is 9.79. The first-order valence-corrected chi connectivity index (χ1v) is 6.00. The number of fused-ring (bicyclic) bond motifs is 3. The summed E-state index contributed by atoms with van der Waals surface area (Å²) in [6, 6.07) is 6.25. The predicted molar refractivity (Wildman–Crippen MR) is 66.4 cm³/mol. The molecule has 17 heavy (non-hydrogen) atoms. The Bertz CT molecular complexity index is 598. The van der Waals surface area contributed by atoms with E-state index in [1.54, 1.807) is 0 Å². The maximum Gasteiger partial charge on any atom is 0.312 e. The second-order valence-electron chi connectivity index (χ2n) is 4.85. The molecule has 1 aromatic carbocycles. The largest absolute Gasteiger partial charge is 0.481 e. The van der Waals surface area contributed by atoms with Crippen LogP contribution in [0.5, 0.6) is 0 Å². The molecule has 1 aliphatic carbocycles. The van der Waals surface area contributed by atoms with Crippen LogP contribution in [0.15, 0.2) is 18.2 Å². The second-order valence-corrected chi connectivity index (χ2v) is 4.85. The quantitative estimate of drug-likeness (QED) is 0.789. The standard InChI is InChI=1S/C14H15NO2/c1-8-5-6-12-11(7-8)9-3-2-4-10(14(16)17)13(9)15-12/h5-7,10,15H,2-4H2,1H3,(H,16,17)/t10-/m1/s1. The summed E-state index contributed by atoms with van der Waals surface area (Å²) in [5, 5.41) is 10.4. The average Bonchev–Trinajstić information content (AvgIpc) is 2.66. The average molecular weight is 229 g/mol. The number of benzene rings is 1.